The molecule has 30 heavy (non-hydrogen) atoms. The summed E-state index contributed by atoms with van der Waals surface area (Å²) in [7, 11) is 0. The monoisotopic (exact) mass is 430 g/mol. The second-order valence-corrected chi connectivity index (χ2v) is 9.03. The van der Waals surface area contributed by atoms with Gasteiger partial charge in [0.2, 0.25) is 0 Å². The minimum absolute atomic E-state index is 0.0365. The Balaban J connectivity index is 1.66. The van der Waals surface area contributed by atoms with Crippen molar-refractivity contribution < 1.29 is 9.59 Å². The Morgan fingerprint density at radius 2 is 1.67 bits per heavy atom. The zero-order valence-electron chi connectivity index (χ0n) is 16.5. The molecule has 3 aromatic rings. The Bertz CT molecular complexity index is 1250. The number of nitrogens with zero attached hydrogens (tertiary/aromatic N) is 2. The first-order chi connectivity index (χ1) is 14.5. The van der Waals surface area contributed by atoms with Crippen LogP contribution in [0.2, 0.25) is 0 Å². The van der Waals surface area contributed by atoms with E-state index in [0.29, 0.717) is 11.1 Å². The lowest BCUT2D eigenvalue weighted by atomic mass is 9.95. The summed E-state index contributed by atoms with van der Waals surface area (Å²) in [5, 5.41) is 9.36. The van der Waals surface area contributed by atoms with Gasteiger partial charge in [-0.3, -0.25) is 14.5 Å². The van der Waals surface area contributed by atoms with Gasteiger partial charge in [-0.2, -0.15) is 5.26 Å². The van der Waals surface area contributed by atoms with Crippen LogP contribution in [0.5, 0.6) is 0 Å². The van der Waals surface area contributed by atoms with Crippen molar-refractivity contribution in [3.05, 3.63) is 74.5 Å². The summed E-state index contributed by atoms with van der Waals surface area (Å²) in [6.45, 7) is 3.63. The van der Waals surface area contributed by atoms with Crippen LogP contribution in [0.3, 0.4) is 0 Å². The van der Waals surface area contributed by atoms with Crippen LogP contribution in [0.15, 0.2) is 59.2 Å². The molecule has 2 amide bonds. The Morgan fingerprint density at radius 1 is 1.00 bits per heavy atom. The molecule has 4 nitrogen and oxygen atoms in total. The molecule has 1 aliphatic rings. The third kappa shape index (κ3) is 3.65. The number of hydrogen-bond donors (Lipinski definition) is 0. The number of nitriles is 1. The van der Waals surface area contributed by atoms with E-state index in [1.165, 1.54) is 4.88 Å². The molecule has 0 aliphatic carbocycles. The summed E-state index contributed by atoms with van der Waals surface area (Å²) in [6, 6.07) is 16.3. The van der Waals surface area contributed by atoms with Crippen LogP contribution in [-0.4, -0.2) is 23.3 Å². The van der Waals surface area contributed by atoms with Gasteiger partial charge in [-0.15, -0.1) is 22.7 Å². The standard InChI is InChI=1S/C24H18N2O2S2/c1-3-26-23(27)19(15(2)20(14-25)24(26)28)11-18-13-22-21(30-18)12-17(29-22)10-9-16-7-5-4-6-8-16/h4-13H,3H2,1-2H3/b10-9+,19-11-. The lowest BCUT2D eigenvalue weighted by Crippen LogP contribution is -2.42. The number of thiophene rings is 2. The van der Waals surface area contributed by atoms with Gasteiger partial charge >= 0.3 is 0 Å². The summed E-state index contributed by atoms with van der Waals surface area (Å²) >= 11 is 3.29. The van der Waals surface area contributed by atoms with Crippen LogP contribution < -0.4 is 0 Å². The van der Waals surface area contributed by atoms with Gasteiger partial charge in [0.05, 0.1) is 0 Å². The average molecular weight is 431 g/mol. The smallest absolute Gasteiger partial charge is 0.271 e. The van der Waals surface area contributed by atoms with Crippen LogP contribution in [0.4, 0.5) is 0 Å². The molecule has 0 radical (unpaired) electrons. The molecule has 1 aliphatic heterocycles. The molecule has 0 bridgehead atoms. The number of benzene rings is 1. The molecule has 4 rings (SSSR count). The number of hydrogen-bond acceptors (Lipinski definition) is 5. The van der Waals surface area contributed by atoms with Crippen molar-refractivity contribution in [2.45, 2.75) is 13.8 Å². The van der Waals surface area contributed by atoms with Crippen molar-refractivity contribution in [1.82, 2.24) is 4.90 Å². The quantitative estimate of drug-likeness (QED) is 0.391. The Labute approximate surface area is 182 Å². The molecule has 0 saturated carbocycles. The maximum absolute atomic E-state index is 12.8. The first kappa shape index (κ1) is 20.0. The lowest BCUT2D eigenvalue weighted by molar-refractivity contribution is -0.140. The molecule has 0 saturated heterocycles. The van der Waals surface area contributed by atoms with Crippen LogP contribution in [-0.2, 0) is 9.59 Å². The van der Waals surface area contributed by atoms with E-state index in [1.54, 1.807) is 42.6 Å². The molecule has 6 heteroatoms. The maximum Gasteiger partial charge on any atom is 0.271 e. The third-order valence-corrected chi connectivity index (χ3v) is 7.12. The largest absolute Gasteiger partial charge is 0.274 e. The van der Waals surface area contributed by atoms with E-state index < -0.39 is 5.91 Å². The highest BCUT2D eigenvalue weighted by Crippen LogP contribution is 2.36. The van der Waals surface area contributed by atoms with Crippen LogP contribution >= 0.6 is 22.7 Å². The zero-order valence-corrected chi connectivity index (χ0v) is 18.1. The highest BCUT2D eigenvalue weighted by Gasteiger charge is 2.34. The zero-order chi connectivity index (χ0) is 21.3. The van der Waals surface area contributed by atoms with Crippen molar-refractivity contribution in [2.75, 3.05) is 6.54 Å². The minimum Gasteiger partial charge on any atom is -0.274 e. The lowest BCUT2D eigenvalue weighted by Gasteiger charge is -2.26. The highest BCUT2D eigenvalue weighted by molar-refractivity contribution is 7.28. The molecule has 0 unspecified atom stereocenters. The summed E-state index contributed by atoms with van der Waals surface area (Å²) in [4.78, 5) is 28.3. The second kappa shape index (κ2) is 8.23. The van der Waals surface area contributed by atoms with Gasteiger partial charge in [0, 0.05) is 31.3 Å². The molecule has 3 heterocycles. The topological polar surface area (TPSA) is 61.2 Å². The van der Waals surface area contributed by atoms with Crippen LogP contribution in [0.25, 0.3) is 27.6 Å². The predicted octanol–water partition coefficient (Wildman–Crippen LogP) is 5.75. The number of imide groups is 1. The van der Waals surface area contributed by atoms with Gasteiger partial charge < -0.3 is 0 Å². The molecule has 0 atom stereocenters. The van der Waals surface area contributed by atoms with Crippen molar-refractivity contribution in [3.8, 4) is 6.07 Å². The molecule has 0 fully saturated rings. The summed E-state index contributed by atoms with van der Waals surface area (Å²) in [6.07, 6.45) is 5.99. The molecule has 0 spiro atoms. The van der Waals surface area contributed by atoms with Crippen LogP contribution in [0, 0.1) is 11.3 Å². The van der Waals surface area contributed by atoms with E-state index in [0.717, 1.165) is 24.7 Å². The van der Waals surface area contributed by atoms with Crippen molar-refractivity contribution in [3.63, 3.8) is 0 Å². The summed E-state index contributed by atoms with van der Waals surface area (Å²) < 4.78 is 2.29. The van der Waals surface area contributed by atoms with E-state index in [4.69, 9.17) is 0 Å². The van der Waals surface area contributed by atoms with Gasteiger partial charge in [-0.05, 0) is 49.3 Å². The van der Waals surface area contributed by atoms with Gasteiger partial charge in [0.1, 0.15) is 11.6 Å². The molecule has 2 aromatic heterocycles. The van der Waals surface area contributed by atoms with E-state index in [-0.39, 0.29) is 18.0 Å². The third-order valence-electron chi connectivity index (χ3n) is 4.91. The first-order valence-electron chi connectivity index (χ1n) is 9.47. The van der Waals surface area contributed by atoms with Gasteiger partial charge in [-0.25, -0.2) is 0 Å². The van der Waals surface area contributed by atoms with Crippen molar-refractivity contribution in [1.29, 1.82) is 5.26 Å². The molecule has 0 N–H and O–H groups in total. The molecule has 1 aromatic carbocycles. The van der Waals surface area contributed by atoms with Gasteiger partial charge in [0.25, 0.3) is 11.8 Å². The molecular weight excluding hydrogens is 412 g/mol. The average Bonchev–Trinajstić information content (AvgIpc) is 3.29. The Morgan fingerprint density at radius 3 is 2.33 bits per heavy atom. The maximum atomic E-state index is 12.8. The van der Waals surface area contributed by atoms with Gasteiger partial charge in [-0.1, -0.05) is 36.4 Å². The number of rotatable bonds is 4. The fraction of sp³-hybridized carbons (Fsp3) is 0.125. The van der Waals surface area contributed by atoms with E-state index in [1.807, 2.05) is 24.3 Å². The SMILES string of the molecule is CCN1C(=O)C(C#N)=C(C)/C(=C/c2cc3sc(/C=C/c4ccccc4)cc3s2)C1=O. The minimum atomic E-state index is -0.512. The summed E-state index contributed by atoms with van der Waals surface area (Å²) in [5.41, 5.74) is 2.04. The van der Waals surface area contributed by atoms with E-state index in [2.05, 4.69) is 36.4 Å². The molecule has 148 valence electrons. The fourth-order valence-electron chi connectivity index (χ4n) is 3.33. The summed E-state index contributed by atoms with van der Waals surface area (Å²) in [5.74, 6) is -0.858. The number of amides is 2. The normalized spacial score (nSPS) is 16.3. The second-order valence-electron chi connectivity index (χ2n) is 6.79. The number of fused-ring (bicyclic) bond motifs is 1. The fourth-order valence-corrected chi connectivity index (χ4v) is 5.59. The van der Waals surface area contributed by atoms with Gasteiger partial charge in [0.15, 0.2) is 0 Å². The van der Waals surface area contributed by atoms with Crippen LogP contribution in [0.1, 0.15) is 29.2 Å². The van der Waals surface area contributed by atoms with Crippen molar-refractivity contribution in [2.24, 2.45) is 0 Å². The Hall–Kier alpha value is -3.27. The highest BCUT2D eigenvalue weighted by atomic mass is 32.1. The first-order valence-corrected chi connectivity index (χ1v) is 11.1. The van der Waals surface area contributed by atoms with Crippen molar-refractivity contribution >= 4 is 62.1 Å². The molecular formula is C24H18N2O2S2. The Kier molecular flexibility index (Phi) is 5.49. The van der Waals surface area contributed by atoms with E-state index in [9.17, 15) is 14.9 Å². The number of carbonyl (C=O) groups excluding carboxylic acids is 2. The van der Waals surface area contributed by atoms with E-state index >= 15 is 0 Å². The number of carbonyl (C=O) groups is 2. The predicted molar refractivity (Wildman–Crippen MR) is 124 cm³/mol. The number of likely N-dealkylation sites (N-methyl/N-ethyl adjacent to an activating group) is 1.